The molecule has 0 bridgehead atoms. The molecule has 1 atom stereocenters. The third-order valence-electron chi connectivity index (χ3n) is 6.30. The number of rotatable bonds is 13. The number of likely N-dealkylation sites (N-methyl/N-ethyl adjacent to an activating group) is 1. The zero-order chi connectivity index (χ0) is 24.5. The van der Waals surface area contributed by atoms with Crippen LogP contribution in [0.15, 0.2) is 61.8 Å². The summed E-state index contributed by atoms with van der Waals surface area (Å²) >= 11 is 0. The first-order valence-electron chi connectivity index (χ1n) is 11.8. The quantitative estimate of drug-likeness (QED) is 0.423. The summed E-state index contributed by atoms with van der Waals surface area (Å²) in [4.78, 5) is 24.2. The van der Waals surface area contributed by atoms with E-state index in [0.717, 1.165) is 53.5 Å². The van der Waals surface area contributed by atoms with Crippen molar-refractivity contribution < 1.29 is 9.59 Å². The number of nitrogens with one attached hydrogen (secondary N) is 1. The average molecular weight is 458 g/mol. The second-order valence-corrected chi connectivity index (χ2v) is 8.80. The van der Waals surface area contributed by atoms with E-state index in [1.54, 1.807) is 0 Å². The summed E-state index contributed by atoms with van der Waals surface area (Å²) in [6, 6.07) is 8.17. The fourth-order valence-electron chi connectivity index (χ4n) is 4.27. The lowest BCUT2D eigenvalue weighted by Crippen LogP contribution is -2.32. The summed E-state index contributed by atoms with van der Waals surface area (Å²) in [6.45, 7) is 9.43. The number of carbonyl (C=O) groups excluding carboxylic acids is 2. The van der Waals surface area contributed by atoms with E-state index < -0.39 is 0 Å². The lowest BCUT2D eigenvalue weighted by molar-refractivity contribution is -0.113. The molecular formula is C29H35N3O2. The molecule has 34 heavy (non-hydrogen) atoms. The molecule has 0 radical (unpaired) electrons. The Kier molecular flexibility index (Phi) is 9.00. The number of nitrogens with zero attached hydrogens (tertiary/aromatic N) is 2. The van der Waals surface area contributed by atoms with Gasteiger partial charge in [0, 0.05) is 32.8 Å². The summed E-state index contributed by atoms with van der Waals surface area (Å²) in [5.41, 5.74) is 7.65. The zero-order valence-corrected chi connectivity index (χ0v) is 20.3. The Hall–Kier alpha value is -3.44. The van der Waals surface area contributed by atoms with Crippen molar-refractivity contribution >= 4 is 29.9 Å². The first-order valence-corrected chi connectivity index (χ1v) is 11.8. The maximum Gasteiger partial charge on any atom is 0.137 e. The number of allylic oxidation sites excluding steroid dienone is 4. The molecule has 1 aliphatic rings. The van der Waals surface area contributed by atoms with Crippen LogP contribution in [-0.2, 0) is 29.7 Å². The molecule has 1 aromatic heterocycles. The van der Waals surface area contributed by atoms with Crippen LogP contribution in [0.4, 0.5) is 0 Å². The molecule has 0 amide bonds. The number of hydrogen-bond acceptors (Lipinski definition) is 4. The standard InChI is InChI=1S/C29H35N3O2/c1-5-24-14-13-23(16-26(24)19-31(3)28(21-34)12-9-15-33)18-30-22(2)29-17-27(20-32(29)4)25-10-7-6-8-11-25/h5,7,10-11,13-17,20-21,28,30H,1-2,6,8-9,12,18-19H2,3-4H3. The number of aromatic nitrogens is 1. The first kappa shape index (κ1) is 25.2. The number of carbonyl (C=O) groups is 2. The van der Waals surface area contributed by atoms with E-state index >= 15 is 0 Å². The third-order valence-corrected chi connectivity index (χ3v) is 6.30. The van der Waals surface area contributed by atoms with Crippen LogP contribution >= 0.6 is 0 Å². The SMILES string of the molecule is C=Cc1ccc(CNC(=C)c2cc(C3=CCCC=C3)cn2C)cc1CN(C)C(C=O)CCC=O. The van der Waals surface area contributed by atoms with Gasteiger partial charge in [-0.2, -0.15) is 0 Å². The van der Waals surface area contributed by atoms with E-state index in [0.29, 0.717) is 25.9 Å². The maximum absolute atomic E-state index is 11.5. The Morgan fingerprint density at radius 3 is 2.76 bits per heavy atom. The van der Waals surface area contributed by atoms with Crippen molar-refractivity contribution in [1.29, 1.82) is 0 Å². The normalized spacial score (nSPS) is 13.9. The van der Waals surface area contributed by atoms with E-state index in [9.17, 15) is 9.59 Å². The first-order chi connectivity index (χ1) is 16.5. The molecule has 0 spiro atoms. The Morgan fingerprint density at radius 2 is 2.09 bits per heavy atom. The molecule has 1 heterocycles. The van der Waals surface area contributed by atoms with Crippen molar-refractivity contribution in [3.63, 3.8) is 0 Å². The van der Waals surface area contributed by atoms with Gasteiger partial charge >= 0.3 is 0 Å². The monoisotopic (exact) mass is 457 g/mol. The highest BCUT2D eigenvalue weighted by atomic mass is 16.1. The Morgan fingerprint density at radius 1 is 1.26 bits per heavy atom. The number of aldehydes is 2. The van der Waals surface area contributed by atoms with E-state index in [1.165, 1.54) is 11.1 Å². The largest absolute Gasteiger partial charge is 0.380 e. The lowest BCUT2D eigenvalue weighted by atomic mass is 10.0. The molecule has 0 fully saturated rings. The number of aryl methyl sites for hydroxylation is 1. The van der Waals surface area contributed by atoms with Crippen LogP contribution in [0.1, 0.15) is 53.6 Å². The Balaban J connectivity index is 1.68. The third kappa shape index (κ3) is 6.33. The molecular weight excluding hydrogens is 422 g/mol. The fraction of sp³-hybridized carbons (Fsp3) is 0.310. The molecule has 178 valence electrons. The highest BCUT2D eigenvalue weighted by molar-refractivity contribution is 5.77. The van der Waals surface area contributed by atoms with E-state index in [1.807, 2.05) is 25.1 Å². The number of hydrogen-bond donors (Lipinski definition) is 1. The van der Waals surface area contributed by atoms with Gasteiger partial charge in [0.1, 0.15) is 12.6 Å². The topological polar surface area (TPSA) is 54.3 Å². The van der Waals surface area contributed by atoms with Crippen LogP contribution < -0.4 is 5.32 Å². The van der Waals surface area contributed by atoms with E-state index in [-0.39, 0.29) is 6.04 Å². The van der Waals surface area contributed by atoms with Gasteiger partial charge in [-0.15, -0.1) is 0 Å². The highest BCUT2D eigenvalue weighted by Crippen LogP contribution is 2.25. The van der Waals surface area contributed by atoms with Gasteiger partial charge in [0.2, 0.25) is 0 Å². The average Bonchev–Trinajstić information content (AvgIpc) is 3.25. The summed E-state index contributed by atoms with van der Waals surface area (Å²) in [7, 11) is 3.95. The van der Waals surface area contributed by atoms with Crippen LogP contribution in [0.5, 0.6) is 0 Å². The summed E-state index contributed by atoms with van der Waals surface area (Å²) < 4.78 is 2.11. The minimum absolute atomic E-state index is 0.287. The van der Waals surface area contributed by atoms with Gasteiger partial charge in [0.15, 0.2) is 0 Å². The van der Waals surface area contributed by atoms with Gasteiger partial charge in [0.05, 0.1) is 17.4 Å². The summed E-state index contributed by atoms with van der Waals surface area (Å²) in [5.74, 6) is 0. The number of benzene rings is 1. The van der Waals surface area contributed by atoms with Gasteiger partial charge in [0.25, 0.3) is 0 Å². The maximum atomic E-state index is 11.5. The van der Waals surface area contributed by atoms with Crippen molar-refractivity contribution in [3.8, 4) is 0 Å². The van der Waals surface area contributed by atoms with Crippen molar-refractivity contribution in [2.45, 2.75) is 44.8 Å². The van der Waals surface area contributed by atoms with Gasteiger partial charge in [-0.1, -0.05) is 55.7 Å². The predicted octanol–water partition coefficient (Wildman–Crippen LogP) is 5.14. The molecule has 0 aliphatic heterocycles. The van der Waals surface area contributed by atoms with Gasteiger partial charge in [-0.25, -0.2) is 0 Å². The van der Waals surface area contributed by atoms with Crippen molar-refractivity contribution in [2.75, 3.05) is 7.05 Å². The molecule has 5 heteroatoms. The van der Waals surface area contributed by atoms with E-state index in [4.69, 9.17) is 0 Å². The van der Waals surface area contributed by atoms with Gasteiger partial charge in [-0.3, -0.25) is 4.90 Å². The lowest BCUT2D eigenvalue weighted by Gasteiger charge is -2.24. The molecule has 1 unspecified atom stereocenters. The predicted molar refractivity (Wildman–Crippen MR) is 141 cm³/mol. The Bertz CT molecular complexity index is 1110. The molecule has 5 nitrogen and oxygen atoms in total. The van der Waals surface area contributed by atoms with Crippen LogP contribution in [0.3, 0.4) is 0 Å². The smallest absolute Gasteiger partial charge is 0.137 e. The zero-order valence-electron chi connectivity index (χ0n) is 20.3. The molecule has 1 aliphatic carbocycles. The molecule has 0 saturated carbocycles. The van der Waals surface area contributed by atoms with Crippen molar-refractivity contribution in [1.82, 2.24) is 14.8 Å². The summed E-state index contributed by atoms with van der Waals surface area (Å²) in [6.07, 6.45) is 15.5. The van der Waals surface area contributed by atoms with Crippen LogP contribution in [0.2, 0.25) is 0 Å². The minimum atomic E-state index is -0.287. The molecule has 1 aromatic carbocycles. The van der Waals surface area contributed by atoms with Crippen molar-refractivity contribution in [2.24, 2.45) is 7.05 Å². The van der Waals surface area contributed by atoms with Gasteiger partial charge in [-0.05, 0) is 60.2 Å². The summed E-state index contributed by atoms with van der Waals surface area (Å²) in [5, 5.41) is 3.46. The molecule has 3 rings (SSSR count). The van der Waals surface area contributed by atoms with Crippen molar-refractivity contribution in [3.05, 3.63) is 89.8 Å². The van der Waals surface area contributed by atoms with E-state index in [2.05, 4.69) is 71.7 Å². The van der Waals surface area contributed by atoms with Crippen LogP contribution in [0, 0.1) is 0 Å². The molecule has 0 saturated heterocycles. The Labute approximate surface area is 203 Å². The molecule has 1 N–H and O–H groups in total. The van der Waals surface area contributed by atoms with Crippen LogP contribution in [-0.4, -0.2) is 35.1 Å². The van der Waals surface area contributed by atoms with Gasteiger partial charge < -0.3 is 19.5 Å². The minimum Gasteiger partial charge on any atom is -0.380 e. The second-order valence-electron chi connectivity index (χ2n) is 8.80. The highest BCUT2D eigenvalue weighted by Gasteiger charge is 2.15. The fourth-order valence-corrected chi connectivity index (χ4v) is 4.27. The second kappa shape index (κ2) is 12.1. The van der Waals surface area contributed by atoms with Crippen LogP contribution in [0.25, 0.3) is 17.3 Å². The molecule has 2 aromatic rings.